The third-order valence-electron chi connectivity index (χ3n) is 4.62. The molecule has 8 heteroatoms. The van der Waals surface area contributed by atoms with E-state index in [2.05, 4.69) is 20.2 Å². The fourth-order valence-electron chi connectivity index (χ4n) is 3.32. The Hall–Kier alpha value is -2.77. The van der Waals surface area contributed by atoms with Gasteiger partial charge in [-0.15, -0.1) is 10.2 Å². The number of hydrogen-bond acceptors (Lipinski definition) is 6. The molecule has 3 aromatic heterocycles. The van der Waals surface area contributed by atoms with Gasteiger partial charge in [-0.1, -0.05) is 11.6 Å². The fraction of sp³-hybridized carbons (Fsp3) is 0.263. The molecule has 4 heterocycles. The minimum atomic E-state index is 0.0584. The van der Waals surface area contributed by atoms with Gasteiger partial charge in [-0.2, -0.15) is 0 Å². The topological polar surface area (TPSA) is 74.4 Å². The second kappa shape index (κ2) is 6.44. The molecule has 136 valence electrons. The molecule has 0 bridgehead atoms. The standard InChI is InChI=1S/C19H16ClN5O2/c1-11-17-23-24-18(25(17)19-16(22-11)3-2-7-21-19)14-9-12(4-5-15(14)20)27-13-6-8-26-10-13/h2-5,7,9,13H,6,8,10H2,1H3/t13-/m1/s1. The van der Waals surface area contributed by atoms with E-state index in [4.69, 9.17) is 21.1 Å². The molecule has 1 fully saturated rings. The lowest BCUT2D eigenvalue weighted by Crippen LogP contribution is -2.15. The van der Waals surface area contributed by atoms with Crippen molar-refractivity contribution in [2.45, 2.75) is 19.4 Å². The first kappa shape index (κ1) is 16.4. The largest absolute Gasteiger partial charge is 0.488 e. The van der Waals surface area contributed by atoms with Gasteiger partial charge in [0, 0.05) is 18.2 Å². The lowest BCUT2D eigenvalue weighted by molar-refractivity contribution is 0.141. The Labute approximate surface area is 159 Å². The van der Waals surface area contributed by atoms with Gasteiger partial charge in [0.2, 0.25) is 0 Å². The number of halogens is 1. The number of fused-ring (bicyclic) bond motifs is 3. The second-order valence-corrected chi connectivity index (χ2v) is 6.88. The lowest BCUT2D eigenvalue weighted by Gasteiger charge is -2.13. The zero-order chi connectivity index (χ0) is 18.4. The summed E-state index contributed by atoms with van der Waals surface area (Å²) in [6.45, 7) is 3.23. The van der Waals surface area contributed by atoms with E-state index in [1.54, 1.807) is 6.20 Å². The summed E-state index contributed by atoms with van der Waals surface area (Å²) < 4.78 is 13.3. The maximum Gasteiger partial charge on any atom is 0.184 e. The maximum atomic E-state index is 6.50. The van der Waals surface area contributed by atoms with Gasteiger partial charge in [0.15, 0.2) is 17.1 Å². The number of rotatable bonds is 3. The quantitative estimate of drug-likeness (QED) is 0.541. The summed E-state index contributed by atoms with van der Waals surface area (Å²) in [5.74, 6) is 1.34. The molecule has 7 nitrogen and oxygen atoms in total. The van der Waals surface area contributed by atoms with Gasteiger partial charge in [-0.25, -0.2) is 9.97 Å². The molecule has 0 spiro atoms. The molecule has 27 heavy (non-hydrogen) atoms. The van der Waals surface area contributed by atoms with E-state index >= 15 is 0 Å². The minimum absolute atomic E-state index is 0.0584. The van der Waals surface area contributed by atoms with Crippen LogP contribution in [0, 0.1) is 6.92 Å². The number of pyridine rings is 1. The van der Waals surface area contributed by atoms with Crippen molar-refractivity contribution >= 4 is 28.4 Å². The first-order chi connectivity index (χ1) is 13.2. The van der Waals surface area contributed by atoms with E-state index < -0.39 is 0 Å². The predicted octanol–water partition coefficient (Wildman–Crippen LogP) is 3.47. The van der Waals surface area contributed by atoms with Crippen molar-refractivity contribution in [1.82, 2.24) is 24.6 Å². The molecule has 0 radical (unpaired) electrons. The predicted molar refractivity (Wildman–Crippen MR) is 101 cm³/mol. The summed E-state index contributed by atoms with van der Waals surface area (Å²) in [6.07, 6.45) is 2.66. The van der Waals surface area contributed by atoms with Crippen molar-refractivity contribution in [3.63, 3.8) is 0 Å². The highest BCUT2D eigenvalue weighted by molar-refractivity contribution is 6.33. The Morgan fingerprint density at radius 1 is 1.22 bits per heavy atom. The highest BCUT2D eigenvalue weighted by Crippen LogP contribution is 2.33. The average molecular weight is 382 g/mol. The number of aromatic nitrogens is 5. The van der Waals surface area contributed by atoms with Crippen LogP contribution in [-0.4, -0.2) is 43.9 Å². The molecule has 0 aliphatic carbocycles. The first-order valence-corrected chi connectivity index (χ1v) is 9.09. The van der Waals surface area contributed by atoms with Crippen LogP contribution in [-0.2, 0) is 4.74 Å². The summed E-state index contributed by atoms with van der Waals surface area (Å²) in [7, 11) is 0. The third-order valence-corrected chi connectivity index (χ3v) is 4.95. The van der Waals surface area contributed by atoms with Crippen LogP contribution in [0.25, 0.3) is 28.2 Å². The van der Waals surface area contributed by atoms with Crippen LogP contribution < -0.4 is 4.74 Å². The average Bonchev–Trinajstić information content (AvgIpc) is 3.34. The van der Waals surface area contributed by atoms with Gasteiger partial charge < -0.3 is 9.47 Å². The highest BCUT2D eigenvalue weighted by Gasteiger charge is 2.20. The van der Waals surface area contributed by atoms with E-state index in [1.807, 2.05) is 41.7 Å². The molecule has 1 aromatic carbocycles. The van der Waals surface area contributed by atoms with Crippen LogP contribution in [0.3, 0.4) is 0 Å². The van der Waals surface area contributed by atoms with E-state index in [-0.39, 0.29) is 6.10 Å². The molecule has 1 aliphatic heterocycles. The van der Waals surface area contributed by atoms with Crippen molar-refractivity contribution in [1.29, 1.82) is 0 Å². The van der Waals surface area contributed by atoms with Crippen molar-refractivity contribution in [3.8, 4) is 17.1 Å². The molecule has 0 amide bonds. The minimum Gasteiger partial charge on any atom is -0.488 e. The Kier molecular flexibility index (Phi) is 3.91. The van der Waals surface area contributed by atoms with Crippen LogP contribution in [0.2, 0.25) is 5.02 Å². The van der Waals surface area contributed by atoms with Gasteiger partial charge in [0.25, 0.3) is 0 Å². The number of aryl methyl sites for hydroxylation is 1. The lowest BCUT2D eigenvalue weighted by atomic mass is 10.2. The molecular weight excluding hydrogens is 366 g/mol. The van der Waals surface area contributed by atoms with Crippen LogP contribution in [0.4, 0.5) is 0 Å². The molecule has 1 aliphatic rings. The SMILES string of the molecule is Cc1nc2cccnc2n2c(-c3cc(O[C@@H]4CCOC4)ccc3Cl)nnc12. The third kappa shape index (κ3) is 2.79. The molecule has 1 saturated heterocycles. The molecule has 1 atom stereocenters. The smallest absolute Gasteiger partial charge is 0.184 e. The van der Waals surface area contributed by atoms with Gasteiger partial charge in [0.05, 0.1) is 23.9 Å². The van der Waals surface area contributed by atoms with E-state index in [1.165, 1.54) is 0 Å². The summed E-state index contributed by atoms with van der Waals surface area (Å²) in [5.41, 5.74) is 3.63. The summed E-state index contributed by atoms with van der Waals surface area (Å²) in [6, 6.07) is 9.33. The monoisotopic (exact) mass is 381 g/mol. The van der Waals surface area contributed by atoms with Crippen LogP contribution in [0.15, 0.2) is 36.5 Å². The zero-order valence-electron chi connectivity index (χ0n) is 14.6. The summed E-state index contributed by atoms with van der Waals surface area (Å²) >= 11 is 6.50. The number of ether oxygens (including phenoxy) is 2. The Balaban J connectivity index is 1.69. The van der Waals surface area contributed by atoms with Crippen molar-refractivity contribution in [2.75, 3.05) is 13.2 Å². The number of hydrogen-bond donors (Lipinski definition) is 0. The fourth-order valence-corrected chi connectivity index (χ4v) is 3.52. The van der Waals surface area contributed by atoms with E-state index in [0.29, 0.717) is 28.7 Å². The normalized spacial score (nSPS) is 17.0. The van der Waals surface area contributed by atoms with Gasteiger partial charge in [0.1, 0.15) is 17.4 Å². The number of nitrogens with zero attached hydrogens (tertiary/aromatic N) is 5. The van der Waals surface area contributed by atoms with Crippen molar-refractivity contribution < 1.29 is 9.47 Å². The summed E-state index contributed by atoms with van der Waals surface area (Å²) in [5, 5.41) is 9.26. The first-order valence-electron chi connectivity index (χ1n) is 8.71. The van der Waals surface area contributed by atoms with E-state index in [9.17, 15) is 0 Å². The Morgan fingerprint density at radius 3 is 3.00 bits per heavy atom. The zero-order valence-corrected chi connectivity index (χ0v) is 15.3. The number of benzene rings is 1. The Morgan fingerprint density at radius 2 is 2.15 bits per heavy atom. The Bertz CT molecular complexity index is 1150. The van der Waals surface area contributed by atoms with Crippen LogP contribution in [0.5, 0.6) is 5.75 Å². The summed E-state index contributed by atoms with van der Waals surface area (Å²) in [4.78, 5) is 9.04. The molecule has 4 aromatic rings. The maximum absolute atomic E-state index is 6.50. The van der Waals surface area contributed by atoms with Crippen LogP contribution in [0.1, 0.15) is 12.1 Å². The molecule has 0 unspecified atom stereocenters. The van der Waals surface area contributed by atoms with Crippen molar-refractivity contribution in [2.24, 2.45) is 0 Å². The second-order valence-electron chi connectivity index (χ2n) is 6.47. The van der Waals surface area contributed by atoms with Gasteiger partial charge in [-0.05, 0) is 37.3 Å². The molecule has 0 N–H and O–H groups in total. The molecule has 5 rings (SSSR count). The van der Waals surface area contributed by atoms with E-state index in [0.717, 1.165) is 35.6 Å². The molecule has 0 saturated carbocycles. The molecular formula is C19H16ClN5O2. The van der Waals surface area contributed by atoms with Crippen molar-refractivity contribution in [3.05, 3.63) is 47.2 Å². The highest BCUT2D eigenvalue weighted by atomic mass is 35.5. The van der Waals surface area contributed by atoms with Crippen LogP contribution >= 0.6 is 11.6 Å². The van der Waals surface area contributed by atoms with Gasteiger partial charge in [-0.3, -0.25) is 4.40 Å². The van der Waals surface area contributed by atoms with Gasteiger partial charge >= 0.3 is 0 Å².